The molecule has 3 aromatic rings. The highest BCUT2D eigenvalue weighted by Crippen LogP contribution is 2.49. The van der Waals surface area contributed by atoms with E-state index in [-0.39, 0.29) is 18.4 Å². The van der Waals surface area contributed by atoms with Gasteiger partial charge in [-0.25, -0.2) is 4.79 Å². The summed E-state index contributed by atoms with van der Waals surface area (Å²) in [6.07, 6.45) is 7.93. The van der Waals surface area contributed by atoms with Gasteiger partial charge < -0.3 is 18.9 Å². The molecule has 1 heterocycles. The van der Waals surface area contributed by atoms with Crippen LogP contribution in [0.2, 0.25) is 0 Å². The molecule has 0 aromatic heterocycles. The zero-order valence-corrected chi connectivity index (χ0v) is 23.4. The van der Waals surface area contributed by atoms with Crippen molar-refractivity contribution in [3.63, 3.8) is 0 Å². The Morgan fingerprint density at radius 2 is 1.75 bits per heavy atom. The molecule has 0 amide bonds. The summed E-state index contributed by atoms with van der Waals surface area (Å²) >= 11 is 0. The number of benzene rings is 3. The molecule has 40 heavy (non-hydrogen) atoms. The van der Waals surface area contributed by atoms with E-state index in [9.17, 15) is 4.79 Å². The summed E-state index contributed by atoms with van der Waals surface area (Å²) in [4.78, 5) is 13.4. The average molecular weight is 541 g/mol. The number of rotatable bonds is 9. The maximum Gasteiger partial charge on any atom is 0.338 e. The van der Waals surface area contributed by atoms with Crippen LogP contribution in [0.5, 0.6) is 5.75 Å². The third-order valence-electron chi connectivity index (χ3n) is 9.15. The number of methoxy groups -OCH3 is 1. The summed E-state index contributed by atoms with van der Waals surface area (Å²) in [5, 5.41) is 0. The van der Waals surface area contributed by atoms with E-state index in [0.717, 1.165) is 68.4 Å². The molecule has 5 heteroatoms. The van der Waals surface area contributed by atoms with Crippen molar-refractivity contribution in [1.82, 2.24) is 0 Å². The van der Waals surface area contributed by atoms with Crippen LogP contribution >= 0.6 is 0 Å². The highest BCUT2D eigenvalue weighted by atomic mass is 16.7. The van der Waals surface area contributed by atoms with Crippen molar-refractivity contribution in [3.05, 3.63) is 89.5 Å². The fourth-order valence-corrected chi connectivity index (χ4v) is 7.11. The third-order valence-corrected chi connectivity index (χ3v) is 9.15. The minimum Gasteiger partial charge on any atom is -0.496 e. The summed E-state index contributed by atoms with van der Waals surface area (Å²) in [6, 6.07) is 24.4. The molecule has 3 aromatic carbocycles. The predicted molar refractivity (Wildman–Crippen MR) is 155 cm³/mol. The normalized spacial score (nSPS) is 25.6. The monoisotopic (exact) mass is 540 g/mol. The fourth-order valence-electron chi connectivity index (χ4n) is 7.11. The van der Waals surface area contributed by atoms with Crippen molar-refractivity contribution in [2.45, 2.75) is 63.8 Å². The van der Waals surface area contributed by atoms with Crippen LogP contribution in [0.1, 0.15) is 60.0 Å². The second kappa shape index (κ2) is 12.6. The number of hydrogen-bond acceptors (Lipinski definition) is 5. The van der Waals surface area contributed by atoms with Crippen molar-refractivity contribution >= 4 is 5.97 Å². The molecule has 1 unspecified atom stereocenters. The van der Waals surface area contributed by atoms with Gasteiger partial charge in [0.15, 0.2) is 6.29 Å². The first kappa shape index (κ1) is 27.0. The smallest absolute Gasteiger partial charge is 0.338 e. The van der Waals surface area contributed by atoms with Crippen molar-refractivity contribution < 1.29 is 23.7 Å². The summed E-state index contributed by atoms with van der Waals surface area (Å²) in [5.74, 6) is 2.04. The van der Waals surface area contributed by atoms with E-state index in [1.54, 1.807) is 7.11 Å². The van der Waals surface area contributed by atoms with Gasteiger partial charge in [-0.1, -0.05) is 54.6 Å². The lowest BCUT2D eigenvalue weighted by atomic mass is 9.73. The minimum atomic E-state index is -0.227. The lowest BCUT2D eigenvalue weighted by Gasteiger charge is -2.32. The molecule has 2 fully saturated rings. The maximum atomic E-state index is 13.4. The maximum absolute atomic E-state index is 13.4. The first-order valence-electron chi connectivity index (χ1n) is 14.9. The van der Waals surface area contributed by atoms with Gasteiger partial charge in [0.1, 0.15) is 11.9 Å². The number of ether oxygens (including phenoxy) is 4. The predicted octanol–water partition coefficient (Wildman–Crippen LogP) is 7.26. The van der Waals surface area contributed by atoms with Crippen LogP contribution in [0.25, 0.3) is 11.1 Å². The fraction of sp³-hybridized carbons (Fsp3) is 0.457. The van der Waals surface area contributed by atoms with Gasteiger partial charge in [0.25, 0.3) is 0 Å². The molecule has 2 aliphatic carbocycles. The molecule has 5 atom stereocenters. The molecule has 5 nitrogen and oxygen atoms in total. The summed E-state index contributed by atoms with van der Waals surface area (Å²) < 4.78 is 23.8. The molecule has 0 spiro atoms. The molecule has 1 saturated heterocycles. The lowest BCUT2D eigenvalue weighted by Crippen LogP contribution is -2.29. The molecule has 210 valence electrons. The van der Waals surface area contributed by atoms with Gasteiger partial charge in [-0.3, -0.25) is 0 Å². The van der Waals surface area contributed by atoms with E-state index < -0.39 is 0 Å². The van der Waals surface area contributed by atoms with Gasteiger partial charge >= 0.3 is 5.97 Å². The molecule has 0 N–H and O–H groups in total. The second-order valence-corrected chi connectivity index (χ2v) is 11.5. The Morgan fingerprint density at radius 3 is 2.52 bits per heavy atom. The molecule has 1 saturated carbocycles. The van der Waals surface area contributed by atoms with Gasteiger partial charge in [0.2, 0.25) is 0 Å². The van der Waals surface area contributed by atoms with E-state index >= 15 is 0 Å². The minimum absolute atomic E-state index is 0.0634. The molecule has 0 radical (unpaired) electrons. The third kappa shape index (κ3) is 5.96. The Morgan fingerprint density at radius 1 is 0.925 bits per heavy atom. The average Bonchev–Trinajstić information content (AvgIpc) is 3.34. The Hall–Kier alpha value is -3.15. The van der Waals surface area contributed by atoms with Crippen LogP contribution in [0.3, 0.4) is 0 Å². The molecule has 0 bridgehead atoms. The van der Waals surface area contributed by atoms with E-state index in [1.807, 2.05) is 42.5 Å². The zero-order chi connectivity index (χ0) is 27.3. The van der Waals surface area contributed by atoms with Gasteiger partial charge in [0.05, 0.1) is 12.7 Å². The molecular weight excluding hydrogens is 500 g/mol. The number of esters is 1. The summed E-state index contributed by atoms with van der Waals surface area (Å²) in [5.41, 5.74) is 5.54. The number of fused-ring (bicyclic) bond motifs is 2. The van der Waals surface area contributed by atoms with E-state index in [4.69, 9.17) is 18.9 Å². The van der Waals surface area contributed by atoms with Crippen molar-refractivity contribution in [3.8, 4) is 16.9 Å². The SMILES string of the molecule is COc1cccc2c1C[C@@H]1C[C@@H](OC(=O)c3ccc(-c4ccccc4)cc3)[C@H](CCCOC3CCCCO3)[C@H]1C2. The van der Waals surface area contributed by atoms with Gasteiger partial charge in [-0.2, -0.15) is 0 Å². The quantitative estimate of drug-likeness (QED) is 0.211. The Bertz CT molecular complexity index is 1260. The van der Waals surface area contributed by atoms with Gasteiger partial charge in [0, 0.05) is 13.2 Å². The lowest BCUT2D eigenvalue weighted by molar-refractivity contribution is -0.163. The van der Waals surface area contributed by atoms with Gasteiger partial charge in [-0.05, 0) is 110 Å². The van der Waals surface area contributed by atoms with Crippen molar-refractivity contribution in [2.75, 3.05) is 20.3 Å². The molecule has 3 aliphatic rings. The van der Waals surface area contributed by atoms with Crippen LogP contribution in [0.15, 0.2) is 72.8 Å². The van der Waals surface area contributed by atoms with E-state index in [1.165, 1.54) is 17.5 Å². The standard InChI is InChI=1S/C35H40O5/c1-37-32-13-7-11-27-21-30-28(22-31(27)32)23-33(29(30)12-8-20-39-34-14-5-6-19-38-34)40-35(36)26-17-15-25(16-18-26)24-9-3-2-4-10-24/h2-4,7,9-11,13,15-18,28-30,33-34H,5-6,8,12,14,19-23H2,1H3/t28-,29-,30+,33-,34?/m1/s1. The van der Waals surface area contributed by atoms with Gasteiger partial charge in [-0.15, -0.1) is 0 Å². The first-order valence-corrected chi connectivity index (χ1v) is 14.9. The topological polar surface area (TPSA) is 54.0 Å². The highest BCUT2D eigenvalue weighted by Gasteiger charge is 2.47. The Labute approximate surface area is 237 Å². The van der Waals surface area contributed by atoms with Crippen LogP contribution in [0.4, 0.5) is 0 Å². The van der Waals surface area contributed by atoms with Crippen LogP contribution in [0, 0.1) is 17.8 Å². The van der Waals surface area contributed by atoms with Crippen LogP contribution in [-0.4, -0.2) is 38.7 Å². The van der Waals surface area contributed by atoms with E-state index in [2.05, 4.69) is 30.3 Å². The summed E-state index contributed by atoms with van der Waals surface area (Å²) in [6.45, 7) is 1.48. The number of carbonyl (C=O) groups is 1. The highest BCUT2D eigenvalue weighted by molar-refractivity contribution is 5.90. The molecule has 6 rings (SSSR count). The second-order valence-electron chi connectivity index (χ2n) is 11.5. The number of hydrogen-bond donors (Lipinski definition) is 0. The Balaban J connectivity index is 1.15. The Kier molecular flexibility index (Phi) is 8.50. The molecular formula is C35H40O5. The van der Waals surface area contributed by atoms with Crippen LogP contribution < -0.4 is 4.74 Å². The number of carbonyl (C=O) groups excluding carboxylic acids is 1. The first-order chi connectivity index (χ1) is 19.7. The zero-order valence-electron chi connectivity index (χ0n) is 23.4. The van der Waals surface area contributed by atoms with Crippen LogP contribution in [-0.2, 0) is 27.1 Å². The van der Waals surface area contributed by atoms with Crippen molar-refractivity contribution in [2.24, 2.45) is 17.8 Å². The van der Waals surface area contributed by atoms with E-state index in [0.29, 0.717) is 29.9 Å². The molecule has 1 aliphatic heterocycles. The largest absolute Gasteiger partial charge is 0.496 e. The summed E-state index contributed by atoms with van der Waals surface area (Å²) in [7, 11) is 1.75. The van der Waals surface area contributed by atoms with Crippen molar-refractivity contribution in [1.29, 1.82) is 0 Å².